The summed E-state index contributed by atoms with van der Waals surface area (Å²) in [4.78, 5) is 0. The molecule has 1 heterocycles. The van der Waals surface area contributed by atoms with E-state index in [1.165, 1.54) is 0 Å². The molecule has 0 aromatic heterocycles. The fourth-order valence-electron chi connectivity index (χ4n) is 2.39. The van der Waals surface area contributed by atoms with Gasteiger partial charge in [-0.25, -0.2) is 4.39 Å². The molecule has 1 aliphatic rings. The molecule has 0 bridgehead atoms. The average Bonchev–Trinajstić information content (AvgIpc) is 2.30. The number of anilines is 1. The van der Waals surface area contributed by atoms with E-state index in [0.29, 0.717) is 11.3 Å². The lowest BCUT2D eigenvalue weighted by Gasteiger charge is -2.34. The number of nitrogens with one attached hydrogen (secondary N) is 1. The van der Waals surface area contributed by atoms with Crippen molar-refractivity contribution in [3.8, 4) is 0 Å². The third-order valence-electron chi connectivity index (χ3n) is 3.51. The van der Waals surface area contributed by atoms with Crippen LogP contribution in [0.3, 0.4) is 0 Å². The maximum atomic E-state index is 14.8. The molecule has 0 saturated carbocycles. The Morgan fingerprint density at radius 1 is 1.50 bits per heavy atom. The van der Waals surface area contributed by atoms with Gasteiger partial charge in [-0.2, -0.15) is 0 Å². The highest BCUT2D eigenvalue weighted by atomic mass is 19.1. The molecule has 3 N–H and O–H groups in total. The van der Waals surface area contributed by atoms with Gasteiger partial charge in [0.25, 0.3) is 0 Å². The molecule has 0 amide bonds. The van der Waals surface area contributed by atoms with Crippen LogP contribution in [-0.2, 0) is 5.67 Å². The summed E-state index contributed by atoms with van der Waals surface area (Å²) in [5.74, 6) is 0.0445. The van der Waals surface area contributed by atoms with E-state index in [1.54, 1.807) is 19.1 Å². The summed E-state index contributed by atoms with van der Waals surface area (Å²) in [6.45, 7) is 3.42. The van der Waals surface area contributed by atoms with Crippen molar-refractivity contribution in [1.82, 2.24) is 5.32 Å². The molecule has 3 heteroatoms. The van der Waals surface area contributed by atoms with Crippen LogP contribution >= 0.6 is 0 Å². The van der Waals surface area contributed by atoms with Gasteiger partial charge in [-0.15, -0.1) is 0 Å². The molecule has 0 aliphatic carbocycles. The van der Waals surface area contributed by atoms with Crippen LogP contribution in [0.2, 0.25) is 0 Å². The fourth-order valence-corrected chi connectivity index (χ4v) is 2.39. The summed E-state index contributed by atoms with van der Waals surface area (Å²) in [5, 5.41) is 3.25. The summed E-state index contributed by atoms with van der Waals surface area (Å²) < 4.78 is 14.8. The van der Waals surface area contributed by atoms with Gasteiger partial charge in [0.2, 0.25) is 0 Å². The van der Waals surface area contributed by atoms with Crippen molar-refractivity contribution in [2.24, 2.45) is 5.92 Å². The van der Waals surface area contributed by atoms with E-state index >= 15 is 0 Å². The number of piperidine rings is 1. The van der Waals surface area contributed by atoms with Crippen LogP contribution in [0.1, 0.15) is 25.3 Å². The lowest BCUT2D eigenvalue weighted by Crippen LogP contribution is -2.40. The molecule has 0 radical (unpaired) electrons. The first-order chi connectivity index (χ1) is 7.60. The van der Waals surface area contributed by atoms with E-state index in [2.05, 4.69) is 5.32 Å². The van der Waals surface area contributed by atoms with E-state index in [9.17, 15) is 4.39 Å². The molecule has 2 atom stereocenters. The summed E-state index contributed by atoms with van der Waals surface area (Å²) >= 11 is 0. The average molecular weight is 222 g/mol. The van der Waals surface area contributed by atoms with Gasteiger partial charge in [-0.05, 0) is 44.0 Å². The number of rotatable bonds is 2. The van der Waals surface area contributed by atoms with Gasteiger partial charge in [-0.3, -0.25) is 0 Å². The number of nitrogens with two attached hydrogens (primary N) is 1. The van der Waals surface area contributed by atoms with Gasteiger partial charge in [0.1, 0.15) is 5.67 Å². The molecule has 2 nitrogen and oxygen atoms in total. The van der Waals surface area contributed by atoms with Crippen molar-refractivity contribution < 1.29 is 4.39 Å². The van der Waals surface area contributed by atoms with Gasteiger partial charge in [0.15, 0.2) is 0 Å². The Labute approximate surface area is 96.0 Å². The minimum Gasteiger partial charge on any atom is -0.399 e. The molecule has 2 unspecified atom stereocenters. The molecule has 2 rings (SSSR count). The smallest absolute Gasteiger partial charge is 0.137 e. The molecule has 88 valence electrons. The molecule has 1 fully saturated rings. The van der Waals surface area contributed by atoms with Crippen molar-refractivity contribution in [1.29, 1.82) is 0 Å². The maximum Gasteiger partial charge on any atom is 0.137 e. The first-order valence-corrected chi connectivity index (χ1v) is 5.86. The second kappa shape index (κ2) is 4.42. The van der Waals surface area contributed by atoms with Crippen LogP contribution in [0, 0.1) is 5.92 Å². The summed E-state index contributed by atoms with van der Waals surface area (Å²) in [5.41, 5.74) is 5.74. The molecule has 16 heavy (non-hydrogen) atoms. The minimum absolute atomic E-state index is 0.0445. The highest BCUT2D eigenvalue weighted by Gasteiger charge is 2.36. The molecule has 1 aliphatic heterocycles. The second-order valence-corrected chi connectivity index (χ2v) is 4.74. The van der Waals surface area contributed by atoms with Crippen molar-refractivity contribution in [2.45, 2.75) is 25.4 Å². The molecular weight excluding hydrogens is 203 g/mol. The van der Waals surface area contributed by atoms with Crippen LogP contribution in [0.15, 0.2) is 24.3 Å². The van der Waals surface area contributed by atoms with E-state index in [4.69, 9.17) is 5.73 Å². The Morgan fingerprint density at radius 3 is 2.94 bits per heavy atom. The van der Waals surface area contributed by atoms with Crippen molar-refractivity contribution in [3.05, 3.63) is 29.8 Å². The lowest BCUT2D eigenvalue weighted by molar-refractivity contribution is 0.0812. The third-order valence-corrected chi connectivity index (χ3v) is 3.51. The molecule has 1 saturated heterocycles. The Morgan fingerprint density at radius 2 is 2.31 bits per heavy atom. The van der Waals surface area contributed by atoms with Crippen LogP contribution in [0.25, 0.3) is 0 Å². The topological polar surface area (TPSA) is 38.0 Å². The van der Waals surface area contributed by atoms with Crippen molar-refractivity contribution in [2.75, 3.05) is 18.8 Å². The number of nitrogen functional groups attached to an aromatic ring is 1. The van der Waals surface area contributed by atoms with Crippen LogP contribution in [0.4, 0.5) is 10.1 Å². The van der Waals surface area contributed by atoms with Crippen LogP contribution < -0.4 is 11.1 Å². The Balaban J connectivity index is 2.22. The number of alkyl halides is 1. The number of halogens is 1. The van der Waals surface area contributed by atoms with E-state index < -0.39 is 5.67 Å². The molecule has 0 spiro atoms. The van der Waals surface area contributed by atoms with Crippen molar-refractivity contribution in [3.63, 3.8) is 0 Å². The standard InChI is InChI=1S/C13H19FN2/c1-13(14,11-5-3-7-16-9-11)10-4-2-6-12(15)8-10/h2,4,6,8,11,16H,3,5,7,9,15H2,1H3. The van der Waals surface area contributed by atoms with Gasteiger partial charge in [0, 0.05) is 18.2 Å². The van der Waals surface area contributed by atoms with Gasteiger partial charge in [-0.1, -0.05) is 12.1 Å². The highest BCUT2D eigenvalue weighted by molar-refractivity contribution is 5.42. The van der Waals surface area contributed by atoms with Gasteiger partial charge < -0.3 is 11.1 Å². The fraction of sp³-hybridized carbons (Fsp3) is 0.538. The Hall–Kier alpha value is -1.09. The first-order valence-electron chi connectivity index (χ1n) is 5.86. The largest absolute Gasteiger partial charge is 0.399 e. The Kier molecular flexibility index (Phi) is 3.15. The minimum atomic E-state index is -1.29. The van der Waals surface area contributed by atoms with Crippen molar-refractivity contribution >= 4 is 5.69 Å². The maximum absolute atomic E-state index is 14.8. The first kappa shape index (κ1) is 11.4. The monoisotopic (exact) mass is 222 g/mol. The summed E-state index contributed by atoms with van der Waals surface area (Å²) in [6, 6.07) is 7.18. The lowest BCUT2D eigenvalue weighted by atomic mass is 9.80. The number of hydrogen-bond acceptors (Lipinski definition) is 2. The summed E-state index contributed by atoms with van der Waals surface area (Å²) in [6.07, 6.45) is 1.99. The van der Waals surface area contributed by atoms with E-state index in [0.717, 1.165) is 25.9 Å². The van der Waals surface area contributed by atoms with Crippen LogP contribution in [0.5, 0.6) is 0 Å². The zero-order valence-corrected chi connectivity index (χ0v) is 9.67. The second-order valence-electron chi connectivity index (χ2n) is 4.74. The third kappa shape index (κ3) is 2.19. The number of benzene rings is 1. The van der Waals surface area contributed by atoms with Gasteiger partial charge >= 0.3 is 0 Å². The molecular formula is C13H19FN2. The summed E-state index contributed by atoms with van der Waals surface area (Å²) in [7, 11) is 0. The normalized spacial score (nSPS) is 25.0. The zero-order chi connectivity index (χ0) is 11.6. The quantitative estimate of drug-likeness (QED) is 0.754. The zero-order valence-electron chi connectivity index (χ0n) is 9.67. The predicted octanol–water partition coefficient (Wildman–Crippen LogP) is 2.45. The van der Waals surface area contributed by atoms with E-state index in [-0.39, 0.29) is 5.92 Å². The van der Waals surface area contributed by atoms with Gasteiger partial charge in [0.05, 0.1) is 0 Å². The molecule has 1 aromatic rings. The van der Waals surface area contributed by atoms with Crippen LogP contribution in [-0.4, -0.2) is 13.1 Å². The SMILES string of the molecule is CC(F)(c1cccc(N)c1)C1CCCNC1. The highest BCUT2D eigenvalue weighted by Crippen LogP contribution is 2.37. The Bertz CT molecular complexity index is 357. The number of hydrogen-bond donors (Lipinski definition) is 2. The van der Waals surface area contributed by atoms with E-state index in [1.807, 2.05) is 12.1 Å². The predicted molar refractivity (Wildman–Crippen MR) is 64.9 cm³/mol. The molecule has 1 aromatic carbocycles.